The number of hydrogen-bond donors (Lipinski definition) is 1. The summed E-state index contributed by atoms with van der Waals surface area (Å²) in [6, 6.07) is 13.2. The minimum atomic E-state index is -0.942. The molecule has 0 spiro atoms. The maximum Gasteiger partial charge on any atom is 0.410 e. The summed E-state index contributed by atoms with van der Waals surface area (Å²) < 4.78 is 7.16. The number of amides is 2. The maximum atomic E-state index is 13.3. The molecule has 1 aromatic heterocycles. The first-order valence-corrected chi connectivity index (χ1v) is 12.5. The third kappa shape index (κ3) is 5.92. The quantitative estimate of drug-likeness (QED) is 0.557. The van der Waals surface area contributed by atoms with Gasteiger partial charge in [-0.05, 0) is 46.8 Å². The molecule has 4 rings (SSSR count). The molecule has 37 heavy (non-hydrogen) atoms. The van der Waals surface area contributed by atoms with Crippen molar-refractivity contribution in [3.05, 3.63) is 59.9 Å². The van der Waals surface area contributed by atoms with Crippen LogP contribution in [0.25, 0.3) is 10.8 Å². The van der Waals surface area contributed by atoms with Gasteiger partial charge in [-0.25, -0.2) is 4.79 Å². The number of benzene rings is 2. The second-order valence-corrected chi connectivity index (χ2v) is 10.9. The van der Waals surface area contributed by atoms with Crippen LogP contribution in [0.1, 0.15) is 45.7 Å². The number of nitriles is 1. The van der Waals surface area contributed by atoms with Gasteiger partial charge in [0.25, 0.3) is 5.91 Å². The van der Waals surface area contributed by atoms with E-state index in [1.807, 2.05) is 65.1 Å². The van der Waals surface area contributed by atoms with Crippen LogP contribution in [0.4, 0.5) is 10.5 Å². The van der Waals surface area contributed by atoms with Crippen LogP contribution < -0.4 is 5.32 Å². The van der Waals surface area contributed by atoms with E-state index in [0.29, 0.717) is 30.9 Å². The molecular formula is C28H34N6O3. The van der Waals surface area contributed by atoms with Gasteiger partial charge in [-0.3, -0.25) is 14.4 Å². The molecule has 2 aromatic carbocycles. The Labute approximate surface area is 217 Å². The Balaban J connectivity index is 1.39. The highest BCUT2D eigenvalue weighted by molar-refractivity contribution is 6.05. The normalized spacial score (nSPS) is 14.9. The molecule has 9 nitrogen and oxygen atoms in total. The predicted molar refractivity (Wildman–Crippen MR) is 142 cm³/mol. The van der Waals surface area contributed by atoms with Crippen LogP contribution in [-0.4, -0.2) is 63.4 Å². The van der Waals surface area contributed by atoms with Crippen molar-refractivity contribution in [1.29, 1.82) is 5.26 Å². The Morgan fingerprint density at radius 2 is 1.70 bits per heavy atom. The average molecular weight is 503 g/mol. The summed E-state index contributed by atoms with van der Waals surface area (Å²) in [5.41, 5.74) is 0.771. The summed E-state index contributed by atoms with van der Waals surface area (Å²) in [5, 5.41) is 18.5. The molecule has 3 aromatic rings. The van der Waals surface area contributed by atoms with E-state index in [1.54, 1.807) is 27.9 Å². The zero-order chi connectivity index (χ0) is 26.8. The van der Waals surface area contributed by atoms with Gasteiger partial charge in [0.1, 0.15) is 11.1 Å². The van der Waals surface area contributed by atoms with E-state index < -0.39 is 11.1 Å². The SMILES string of the molecule is CC(C)(C)OC(=O)N1CCN(Cc2cnn(C(C)(C)C(=O)Nc3ccc(C#N)c4ccccc34)c2)CC1. The topological polar surface area (TPSA) is 103 Å². The highest BCUT2D eigenvalue weighted by Gasteiger charge is 2.32. The van der Waals surface area contributed by atoms with E-state index in [9.17, 15) is 14.9 Å². The van der Waals surface area contributed by atoms with Gasteiger partial charge in [0, 0.05) is 60.9 Å². The van der Waals surface area contributed by atoms with Crippen molar-refractivity contribution in [2.24, 2.45) is 0 Å². The molecule has 1 saturated heterocycles. The summed E-state index contributed by atoms with van der Waals surface area (Å²) in [4.78, 5) is 29.6. The van der Waals surface area contributed by atoms with Crippen LogP contribution in [0.3, 0.4) is 0 Å². The minimum Gasteiger partial charge on any atom is -0.444 e. The molecule has 1 N–H and O–H groups in total. The fraction of sp³-hybridized carbons (Fsp3) is 0.429. The molecule has 0 saturated carbocycles. The monoisotopic (exact) mass is 502 g/mol. The third-order valence-corrected chi connectivity index (χ3v) is 6.49. The van der Waals surface area contributed by atoms with Crippen LogP contribution in [0.2, 0.25) is 0 Å². The molecule has 9 heteroatoms. The predicted octanol–water partition coefficient (Wildman–Crippen LogP) is 4.33. The molecule has 0 bridgehead atoms. The lowest BCUT2D eigenvalue weighted by molar-refractivity contribution is -0.123. The van der Waals surface area contributed by atoms with Crippen molar-refractivity contribution in [2.45, 2.75) is 52.3 Å². The number of nitrogens with one attached hydrogen (secondary N) is 1. The molecule has 0 unspecified atom stereocenters. The first-order chi connectivity index (χ1) is 17.5. The van der Waals surface area contributed by atoms with Crippen molar-refractivity contribution in [1.82, 2.24) is 19.6 Å². The number of hydrogen-bond acceptors (Lipinski definition) is 6. The standard InChI is InChI=1S/C28H34N6O3/c1-27(2,3)37-26(36)33-14-12-32(13-15-33)18-20-17-30-34(19-20)28(4,5)25(35)31-24-11-10-21(16-29)22-8-6-7-9-23(22)24/h6-11,17,19H,12-15,18H2,1-5H3,(H,31,35). The van der Waals surface area contributed by atoms with Gasteiger partial charge >= 0.3 is 6.09 Å². The second kappa shape index (κ2) is 10.2. The van der Waals surface area contributed by atoms with Crippen LogP contribution >= 0.6 is 0 Å². The van der Waals surface area contributed by atoms with Crippen LogP contribution in [-0.2, 0) is 21.6 Å². The number of aromatic nitrogens is 2. The first-order valence-electron chi connectivity index (χ1n) is 12.5. The number of rotatable bonds is 5. The lowest BCUT2D eigenvalue weighted by Crippen LogP contribution is -2.49. The molecule has 1 fully saturated rings. The molecule has 194 valence electrons. The Hall–Kier alpha value is -3.90. The number of nitrogens with zero attached hydrogens (tertiary/aromatic N) is 5. The number of ether oxygens (including phenoxy) is 1. The molecular weight excluding hydrogens is 468 g/mol. The third-order valence-electron chi connectivity index (χ3n) is 6.49. The molecule has 0 atom stereocenters. The fourth-order valence-electron chi connectivity index (χ4n) is 4.31. The lowest BCUT2D eigenvalue weighted by Gasteiger charge is -2.35. The highest BCUT2D eigenvalue weighted by atomic mass is 16.6. The largest absolute Gasteiger partial charge is 0.444 e. The van der Waals surface area contributed by atoms with E-state index >= 15 is 0 Å². The molecule has 2 heterocycles. The zero-order valence-electron chi connectivity index (χ0n) is 22.1. The fourth-order valence-corrected chi connectivity index (χ4v) is 4.31. The summed E-state index contributed by atoms with van der Waals surface area (Å²) in [6.45, 7) is 12.6. The molecule has 2 amide bonds. The van der Waals surface area contributed by atoms with E-state index in [4.69, 9.17) is 4.74 Å². The molecule has 0 radical (unpaired) electrons. The minimum absolute atomic E-state index is 0.206. The zero-order valence-corrected chi connectivity index (χ0v) is 22.1. The highest BCUT2D eigenvalue weighted by Crippen LogP contribution is 2.28. The summed E-state index contributed by atoms with van der Waals surface area (Å²) in [6.07, 6.45) is 3.41. The maximum absolute atomic E-state index is 13.3. The van der Waals surface area contributed by atoms with Crippen molar-refractivity contribution in [2.75, 3.05) is 31.5 Å². The van der Waals surface area contributed by atoms with Gasteiger partial charge < -0.3 is 15.0 Å². The lowest BCUT2D eigenvalue weighted by atomic mass is 10.0. The Morgan fingerprint density at radius 1 is 1.03 bits per heavy atom. The Bertz CT molecular complexity index is 1340. The number of carbonyl (C=O) groups excluding carboxylic acids is 2. The first kappa shape index (κ1) is 26.2. The molecule has 1 aliphatic rings. The Morgan fingerprint density at radius 3 is 2.35 bits per heavy atom. The van der Waals surface area contributed by atoms with Gasteiger partial charge in [0.05, 0.1) is 17.8 Å². The van der Waals surface area contributed by atoms with Crippen molar-refractivity contribution < 1.29 is 14.3 Å². The van der Waals surface area contributed by atoms with Crippen LogP contribution in [0.15, 0.2) is 48.8 Å². The number of piperazine rings is 1. The number of carbonyl (C=O) groups is 2. The van der Waals surface area contributed by atoms with Gasteiger partial charge in [-0.2, -0.15) is 10.4 Å². The van der Waals surface area contributed by atoms with Gasteiger partial charge in [0.2, 0.25) is 0 Å². The number of anilines is 1. The van der Waals surface area contributed by atoms with E-state index in [-0.39, 0.29) is 12.0 Å². The molecule has 1 aliphatic heterocycles. The summed E-state index contributed by atoms with van der Waals surface area (Å²) in [7, 11) is 0. The van der Waals surface area contributed by atoms with E-state index in [0.717, 1.165) is 29.4 Å². The Kier molecular flexibility index (Phi) is 7.23. The van der Waals surface area contributed by atoms with Crippen molar-refractivity contribution >= 4 is 28.5 Å². The van der Waals surface area contributed by atoms with Gasteiger partial charge in [0.15, 0.2) is 0 Å². The molecule has 0 aliphatic carbocycles. The van der Waals surface area contributed by atoms with E-state index in [1.165, 1.54) is 0 Å². The smallest absolute Gasteiger partial charge is 0.410 e. The van der Waals surface area contributed by atoms with Crippen LogP contribution in [0, 0.1) is 11.3 Å². The van der Waals surface area contributed by atoms with Crippen molar-refractivity contribution in [3.63, 3.8) is 0 Å². The summed E-state index contributed by atoms with van der Waals surface area (Å²) in [5.74, 6) is -0.206. The van der Waals surface area contributed by atoms with Crippen molar-refractivity contribution in [3.8, 4) is 6.07 Å². The van der Waals surface area contributed by atoms with Gasteiger partial charge in [-0.1, -0.05) is 24.3 Å². The average Bonchev–Trinajstić information content (AvgIpc) is 3.33. The summed E-state index contributed by atoms with van der Waals surface area (Å²) >= 11 is 0. The number of fused-ring (bicyclic) bond motifs is 1. The second-order valence-electron chi connectivity index (χ2n) is 10.9. The van der Waals surface area contributed by atoms with Gasteiger partial charge in [-0.15, -0.1) is 0 Å². The van der Waals surface area contributed by atoms with E-state index in [2.05, 4.69) is 21.4 Å². The van der Waals surface area contributed by atoms with Crippen LogP contribution in [0.5, 0.6) is 0 Å².